The molecule has 6 nitrogen and oxygen atoms in total. The Kier molecular flexibility index (Phi) is 4.65. The molecule has 0 radical (unpaired) electrons. The van der Waals surface area contributed by atoms with Crippen molar-refractivity contribution in [1.29, 1.82) is 0 Å². The van der Waals surface area contributed by atoms with Gasteiger partial charge in [-0.25, -0.2) is 0 Å². The van der Waals surface area contributed by atoms with Gasteiger partial charge in [-0.3, -0.25) is 14.5 Å². The molecule has 4 heterocycles. The minimum Gasteiger partial charge on any atom is -0.467 e. The third-order valence-electron chi connectivity index (χ3n) is 4.90. The monoisotopic (exact) mass is 372 g/mol. The van der Waals surface area contributed by atoms with E-state index in [9.17, 15) is 14.7 Å². The van der Waals surface area contributed by atoms with Gasteiger partial charge < -0.3 is 14.4 Å². The van der Waals surface area contributed by atoms with E-state index < -0.39 is 0 Å². The number of hydrogen-bond donors (Lipinski definition) is 1. The number of aliphatic hydroxyl groups excluding tert-OH is 1. The van der Waals surface area contributed by atoms with E-state index in [1.165, 1.54) is 22.5 Å². The van der Waals surface area contributed by atoms with Crippen LogP contribution >= 0.6 is 11.3 Å². The fraction of sp³-hybridized carbons (Fsp3) is 0.368. The first-order valence-electron chi connectivity index (χ1n) is 8.71. The molecule has 1 atom stereocenters. The Morgan fingerprint density at radius 3 is 2.81 bits per heavy atom. The molecular weight excluding hydrogens is 352 g/mol. The van der Waals surface area contributed by atoms with Crippen molar-refractivity contribution >= 4 is 28.7 Å². The van der Waals surface area contributed by atoms with E-state index >= 15 is 0 Å². The number of furan rings is 1. The van der Waals surface area contributed by atoms with Crippen molar-refractivity contribution in [2.24, 2.45) is 5.92 Å². The first-order chi connectivity index (χ1) is 12.7. The lowest BCUT2D eigenvalue weighted by Crippen LogP contribution is -2.40. The number of carbonyl (C=O) groups excluding carboxylic acids is 2. The molecule has 1 N–H and O–H groups in total. The Bertz CT molecular complexity index is 826. The summed E-state index contributed by atoms with van der Waals surface area (Å²) in [5.41, 5.74) is 0.928. The minimum absolute atomic E-state index is 0.0936. The fourth-order valence-electron chi connectivity index (χ4n) is 3.62. The number of imide groups is 1. The van der Waals surface area contributed by atoms with E-state index in [0.29, 0.717) is 30.1 Å². The van der Waals surface area contributed by atoms with Crippen LogP contribution in [0.2, 0.25) is 0 Å². The highest BCUT2D eigenvalue weighted by molar-refractivity contribution is 7.11. The van der Waals surface area contributed by atoms with Crippen LogP contribution in [0.1, 0.15) is 23.5 Å². The lowest BCUT2D eigenvalue weighted by atomic mass is 9.98. The van der Waals surface area contributed by atoms with Gasteiger partial charge in [-0.1, -0.05) is 6.07 Å². The van der Waals surface area contributed by atoms with Crippen LogP contribution in [0, 0.1) is 5.92 Å². The molecule has 0 bridgehead atoms. The maximum Gasteiger partial charge on any atom is 0.278 e. The summed E-state index contributed by atoms with van der Waals surface area (Å²) in [6.45, 7) is 1.53. The van der Waals surface area contributed by atoms with Gasteiger partial charge in [0, 0.05) is 24.6 Å². The van der Waals surface area contributed by atoms with Crippen molar-refractivity contribution in [3.8, 4) is 0 Å². The summed E-state index contributed by atoms with van der Waals surface area (Å²) in [4.78, 5) is 30.3. The van der Waals surface area contributed by atoms with Crippen LogP contribution < -0.4 is 0 Å². The predicted octanol–water partition coefficient (Wildman–Crippen LogP) is 2.33. The Morgan fingerprint density at radius 2 is 2.12 bits per heavy atom. The van der Waals surface area contributed by atoms with E-state index in [2.05, 4.69) is 0 Å². The minimum atomic E-state index is -0.284. The predicted molar refractivity (Wildman–Crippen MR) is 96.9 cm³/mol. The normalized spacial score (nSPS) is 21.2. The lowest BCUT2D eigenvalue weighted by Gasteiger charge is -2.34. The highest BCUT2D eigenvalue weighted by Gasteiger charge is 2.43. The molecule has 0 aromatic carbocycles. The number of piperidine rings is 1. The second-order valence-corrected chi connectivity index (χ2v) is 7.56. The zero-order chi connectivity index (χ0) is 18.1. The van der Waals surface area contributed by atoms with Crippen molar-refractivity contribution < 1.29 is 19.1 Å². The smallest absolute Gasteiger partial charge is 0.278 e. The van der Waals surface area contributed by atoms with E-state index in [0.717, 1.165) is 17.7 Å². The average molecular weight is 372 g/mol. The van der Waals surface area contributed by atoms with E-state index in [-0.39, 0.29) is 30.9 Å². The average Bonchev–Trinajstić information content (AvgIpc) is 3.40. The largest absolute Gasteiger partial charge is 0.467 e. The van der Waals surface area contributed by atoms with Gasteiger partial charge in [0.1, 0.15) is 11.5 Å². The summed E-state index contributed by atoms with van der Waals surface area (Å²) in [6, 6.07) is 7.25. The van der Waals surface area contributed by atoms with Gasteiger partial charge in [0.05, 0.1) is 18.4 Å². The summed E-state index contributed by atoms with van der Waals surface area (Å²) in [5.74, 6) is 0.136. The summed E-state index contributed by atoms with van der Waals surface area (Å²) < 4.78 is 5.32. The number of rotatable bonds is 5. The highest BCUT2D eigenvalue weighted by Crippen LogP contribution is 2.36. The van der Waals surface area contributed by atoms with E-state index in [1.807, 2.05) is 22.4 Å². The van der Waals surface area contributed by atoms with Crippen molar-refractivity contribution in [3.05, 3.63) is 52.2 Å². The number of aliphatic hydroxyl groups is 1. The Balaban J connectivity index is 1.71. The molecule has 136 valence electrons. The van der Waals surface area contributed by atoms with E-state index in [1.54, 1.807) is 12.1 Å². The van der Waals surface area contributed by atoms with Gasteiger partial charge in [-0.05, 0) is 42.3 Å². The molecule has 2 aromatic heterocycles. The van der Waals surface area contributed by atoms with Crippen molar-refractivity contribution in [3.63, 3.8) is 0 Å². The van der Waals surface area contributed by atoms with Crippen molar-refractivity contribution in [2.45, 2.75) is 19.4 Å². The Labute approximate surface area is 155 Å². The molecule has 26 heavy (non-hydrogen) atoms. The third-order valence-corrected chi connectivity index (χ3v) is 5.79. The number of amides is 2. The van der Waals surface area contributed by atoms with Crippen molar-refractivity contribution in [2.75, 3.05) is 19.7 Å². The molecule has 0 aliphatic carbocycles. The quantitative estimate of drug-likeness (QED) is 0.816. The number of nitrogens with zero attached hydrogens (tertiary/aromatic N) is 2. The van der Waals surface area contributed by atoms with Gasteiger partial charge in [0.15, 0.2) is 0 Å². The first-order valence-corrected chi connectivity index (χ1v) is 9.59. The summed E-state index contributed by atoms with van der Waals surface area (Å²) >= 11 is 1.45. The lowest BCUT2D eigenvalue weighted by molar-refractivity contribution is -0.138. The summed E-state index contributed by atoms with van der Waals surface area (Å²) in [5, 5.41) is 11.4. The number of thiophene rings is 1. The summed E-state index contributed by atoms with van der Waals surface area (Å²) in [6.07, 6.45) is 3.37. The van der Waals surface area contributed by atoms with Gasteiger partial charge in [0.25, 0.3) is 11.8 Å². The molecule has 2 aliphatic rings. The maximum absolute atomic E-state index is 13.1. The Morgan fingerprint density at radius 1 is 1.23 bits per heavy atom. The van der Waals surface area contributed by atoms with Crippen LogP contribution in [0.5, 0.6) is 0 Å². The topological polar surface area (TPSA) is 74.0 Å². The maximum atomic E-state index is 13.1. The second-order valence-electron chi connectivity index (χ2n) is 6.61. The third kappa shape index (κ3) is 2.97. The van der Waals surface area contributed by atoms with Gasteiger partial charge in [-0.15, -0.1) is 11.3 Å². The zero-order valence-electron chi connectivity index (χ0n) is 14.3. The SMILES string of the molecule is O=C1C(c2cccs2)=C(N2CCCC(CO)C2)C(=O)N1Cc1ccco1. The van der Waals surface area contributed by atoms with Crippen LogP contribution in [0.15, 0.2) is 46.0 Å². The van der Waals surface area contributed by atoms with Crippen molar-refractivity contribution in [1.82, 2.24) is 9.80 Å². The molecule has 7 heteroatoms. The molecule has 2 amide bonds. The number of carbonyl (C=O) groups is 2. The summed E-state index contributed by atoms with van der Waals surface area (Å²) in [7, 11) is 0. The van der Waals surface area contributed by atoms with Gasteiger partial charge in [0.2, 0.25) is 0 Å². The van der Waals surface area contributed by atoms with Crippen LogP contribution in [0.4, 0.5) is 0 Å². The van der Waals surface area contributed by atoms with Gasteiger partial charge in [-0.2, -0.15) is 0 Å². The van der Waals surface area contributed by atoms with Crippen LogP contribution in [-0.4, -0.2) is 46.4 Å². The zero-order valence-corrected chi connectivity index (χ0v) is 15.1. The molecule has 1 fully saturated rings. The van der Waals surface area contributed by atoms with Crippen LogP contribution in [0.25, 0.3) is 5.57 Å². The molecule has 0 saturated carbocycles. The molecule has 0 spiro atoms. The fourth-order valence-corrected chi connectivity index (χ4v) is 4.38. The Hall–Kier alpha value is -2.38. The van der Waals surface area contributed by atoms with Crippen LogP contribution in [-0.2, 0) is 16.1 Å². The number of hydrogen-bond acceptors (Lipinski definition) is 6. The molecule has 2 aromatic rings. The highest BCUT2D eigenvalue weighted by atomic mass is 32.1. The molecule has 4 rings (SSSR count). The molecular formula is C19H20N2O4S. The first kappa shape index (κ1) is 17.1. The standard InChI is InChI=1S/C19H20N2O4S/c22-12-13-4-1-7-20(10-13)17-16(15-6-3-9-26-15)18(23)21(19(17)24)11-14-5-2-8-25-14/h2-3,5-6,8-9,13,22H,1,4,7,10-12H2. The van der Waals surface area contributed by atoms with E-state index in [4.69, 9.17) is 4.42 Å². The van der Waals surface area contributed by atoms with Gasteiger partial charge >= 0.3 is 0 Å². The molecule has 2 aliphatic heterocycles. The second kappa shape index (κ2) is 7.09. The molecule has 1 saturated heterocycles. The number of likely N-dealkylation sites (tertiary alicyclic amines) is 1. The van der Waals surface area contributed by atoms with Crippen LogP contribution in [0.3, 0.4) is 0 Å². The molecule has 1 unspecified atom stereocenters.